The molecule has 0 radical (unpaired) electrons. The minimum absolute atomic E-state index is 0.0741. The molecule has 1 aromatic carbocycles. The van der Waals surface area contributed by atoms with Crippen LogP contribution in [-0.2, 0) is 11.3 Å². The summed E-state index contributed by atoms with van der Waals surface area (Å²) in [6, 6.07) is 6.17. The van der Waals surface area contributed by atoms with Gasteiger partial charge in [0.15, 0.2) is 0 Å². The van der Waals surface area contributed by atoms with Gasteiger partial charge < -0.3 is 10.4 Å². The Morgan fingerprint density at radius 2 is 2.12 bits per heavy atom. The molecule has 0 heterocycles. The molecule has 0 aromatic heterocycles. The number of carbonyl (C=O) groups is 1. The number of rotatable bonds is 5. The smallest absolute Gasteiger partial charge is 0.225 e. The number of aliphatic hydroxyl groups excluding tert-OH is 1. The second-order valence-corrected chi connectivity index (χ2v) is 4.44. The van der Waals surface area contributed by atoms with Gasteiger partial charge in [-0.1, -0.05) is 30.7 Å². The molecule has 1 unspecified atom stereocenters. The van der Waals surface area contributed by atoms with Gasteiger partial charge in [0.1, 0.15) is 0 Å². The number of hydrogen-bond donors (Lipinski definition) is 2. The van der Waals surface area contributed by atoms with Gasteiger partial charge in [0, 0.05) is 6.54 Å². The average Bonchev–Trinajstić information content (AvgIpc) is 2.29. The van der Waals surface area contributed by atoms with Crippen molar-refractivity contribution in [3.8, 4) is 0 Å². The van der Waals surface area contributed by atoms with Crippen LogP contribution in [0.25, 0.3) is 0 Å². The highest BCUT2D eigenvalue weighted by atomic mass is 16.3. The maximum atomic E-state index is 11.7. The van der Waals surface area contributed by atoms with Crippen molar-refractivity contribution in [1.29, 1.82) is 0 Å². The third-order valence-electron chi connectivity index (χ3n) is 3.04. The molecule has 0 saturated heterocycles. The fourth-order valence-electron chi connectivity index (χ4n) is 1.77. The number of aryl methyl sites for hydroxylation is 2. The molecule has 1 rings (SSSR count). The number of amides is 1. The lowest BCUT2D eigenvalue weighted by Crippen LogP contribution is -2.32. The number of hydrogen-bond acceptors (Lipinski definition) is 2. The van der Waals surface area contributed by atoms with Gasteiger partial charge in [-0.3, -0.25) is 4.79 Å². The summed E-state index contributed by atoms with van der Waals surface area (Å²) in [5, 5.41) is 11.9. The van der Waals surface area contributed by atoms with Gasteiger partial charge in [0.05, 0.1) is 12.5 Å². The van der Waals surface area contributed by atoms with E-state index in [0.29, 0.717) is 13.0 Å². The predicted octanol–water partition coefficient (Wildman–Crippen LogP) is 1.94. The zero-order valence-corrected chi connectivity index (χ0v) is 10.8. The summed E-state index contributed by atoms with van der Waals surface area (Å²) in [4.78, 5) is 11.7. The second-order valence-electron chi connectivity index (χ2n) is 4.44. The third-order valence-corrected chi connectivity index (χ3v) is 3.04. The van der Waals surface area contributed by atoms with Crippen LogP contribution in [0.1, 0.15) is 30.0 Å². The standard InChI is InChI=1S/C14H21NO2/c1-4-12(9-16)14(17)15-8-13-6-5-10(2)7-11(13)3/h5-7,12,16H,4,8-9H2,1-3H3,(H,15,17). The fourth-order valence-corrected chi connectivity index (χ4v) is 1.77. The predicted molar refractivity (Wildman–Crippen MR) is 68.6 cm³/mol. The van der Waals surface area contributed by atoms with E-state index >= 15 is 0 Å². The highest BCUT2D eigenvalue weighted by molar-refractivity contribution is 5.78. The number of benzene rings is 1. The summed E-state index contributed by atoms with van der Waals surface area (Å²) in [5.41, 5.74) is 3.53. The maximum absolute atomic E-state index is 11.7. The first-order valence-electron chi connectivity index (χ1n) is 6.03. The van der Waals surface area contributed by atoms with Gasteiger partial charge >= 0.3 is 0 Å². The van der Waals surface area contributed by atoms with E-state index in [9.17, 15) is 4.79 Å². The van der Waals surface area contributed by atoms with Gasteiger partial charge in [-0.25, -0.2) is 0 Å². The average molecular weight is 235 g/mol. The van der Waals surface area contributed by atoms with E-state index in [1.165, 1.54) is 11.1 Å². The Morgan fingerprint density at radius 3 is 2.65 bits per heavy atom. The van der Waals surface area contributed by atoms with E-state index in [-0.39, 0.29) is 18.4 Å². The van der Waals surface area contributed by atoms with Crippen molar-refractivity contribution in [1.82, 2.24) is 5.32 Å². The molecule has 0 saturated carbocycles. The van der Waals surface area contributed by atoms with E-state index in [0.717, 1.165) is 5.56 Å². The van der Waals surface area contributed by atoms with Crippen LogP contribution in [-0.4, -0.2) is 17.6 Å². The van der Waals surface area contributed by atoms with E-state index in [4.69, 9.17) is 5.11 Å². The minimum atomic E-state index is -0.291. The molecular weight excluding hydrogens is 214 g/mol. The third kappa shape index (κ3) is 3.86. The van der Waals surface area contributed by atoms with Gasteiger partial charge in [0.2, 0.25) is 5.91 Å². The first kappa shape index (κ1) is 13.7. The summed E-state index contributed by atoms with van der Waals surface area (Å²) in [5.74, 6) is -0.365. The van der Waals surface area contributed by atoms with Crippen LogP contribution in [0, 0.1) is 19.8 Å². The molecule has 0 aliphatic carbocycles. The van der Waals surface area contributed by atoms with E-state index in [2.05, 4.69) is 11.4 Å². The molecular formula is C14H21NO2. The topological polar surface area (TPSA) is 49.3 Å². The zero-order valence-electron chi connectivity index (χ0n) is 10.8. The molecule has 3 heteroatoms. The molecule has 0 bridgehead atoms. The normalized spacial score (nSPS) is 12.2. The van der Waals surface area contributed by atoms with E-state index in [1.807, 2.05) is 32.9 Å². The Hall–Kier alpha value is -1.35. The molecule has 1 aromatic rings. The Morgan fingerprint density at radius 1 is 1.41 bits per heavy atom. The molecule has 2 N–H and O–H groups in total. The van der Waals surface area contributed by atoms with Crippen molar-refractivity contribution >= 4 is 5.91 Å². The van der Waals surface area contributed by atoms with Crippen molar-refractivity contribution in [2.45, 2.75) is 33.7 Å². The SMILES string of the molecule is CCC(CO)C(=O)NCc1ccc(C)cc1C. The van der Waals surface area contributed by atoms with Gasteiger partial charge in [-0.2, -0.15) is 0 Å². The van der Waals surface area contributed by atoms with Crippen LogP contribution in [0.15, 0.2) is 18.2 Å². The van der Waals surface area contributed by atoms with Crippen molar-refractivity contribution in [2.75, 3.05) is 6.61 Å². The largest absolute Gasteiger partial charge is 0.396 e. The number of aliphatic hydroxyl groups is 1. The van der Waals surface area contributed by atoms with Gasteiger partial charge in [0.25, 0.3) is 0 Å². The fraction of sp³-hybridized carbons (Fsp3) is 0.500. The summed E-state index contributed by atoms with van der Waals surface area (Å²) >= 11 is 0. The molecule has 0 fully saturated rings. The van der Waals surface area contributed by atoms with Crippen LogP contribution in [0.5, 0.6) is 0 Å². The first-order valence-corrected chi connectivity index (χ1v) is 6.03. The first-order chi connectivity index (χ1) is 8.08. The zero-order chi connectivity index (χ0) is 12.8. The van der Waals surface area contributed by atoms with Crippen molar-refractivity contribution in [3.63, 3.8) is 0 Å². The quantitative estimate of drug-likeness (QED) is 0.819. The van der Waals surface area contributed by atoms with E-state index in [1.54, 1.807) is 0 Å². The Labute approximate surface area is 103 Å². The molecule has 0 aliphatic rings. The van der Waals surface area contributed by atoms with Crippen LogP contribution in [0.3, 0.4) is 0 Å². The van der Waals surface area contributed by atoms with Crippen LogP contribution in [0.4, 0.5) is 0 Å². The van der Waals surface area contributed by atoms with Gasteiger partial charge in [-0.05, 0) is 31.4 Å². The van der Waals surface area contributed by atoms with Crippen LogP contribution >= 0.6 is 0 Å². The lowest BCUT2D eigenvalue weighted by molar-refractivity contribution is -0.126. The summed E-state index contributed by atoms with van der Waals surface area (Å²) in [6.07, 6.45) is 0.662. The number of nitrogens with one attached hydrogen (secondary N) is 1. The summed E-state index contributed by atoms with van der Waals surface area (Å²) < 4.78 is 0. The van der Waals surface area contributed by atoms with E-state index < -0.39 is 0 Å². The summed E-state index contributed by atoms with van der Waals surface area (Å²) in [6.45, 7) is 6.43. The Balaban J connectivity index is 2.58. The van der Waals surface area contributed by atoms with Crippen molar-refractivity contribution in [2.24, 2.45) is 5.92 Å². The molecule has 1 atom stereocenters. The molecule has 94 valence electrons. The molecule has 1 amide bonds. The van der Waals surface area contributed by atoms with Crippen LogP contribution < -0.4 is 5.32 Å². The second kappa shape index (κ2) is 6.40. The summed E-state index contributed by atoms with van der Waals surface area (Å²) in [7, 11) is 0. The molecule has 17 heavy (non-hydrogen) atoms. The van der Waals surface area contributed by atoms with Crippen molar-refractivity contribution in [3.05, 3.63) is 34.9 Å². The minimum Gasteiger partial charge on any atom is -0.396 e. The Bertz CT molecular complexity index is 384. The lowest BCUT2D eigenvalue weighted by atomic mass is 10.0. The highest BCUT2D eigenvalue weighted by Crippen LogP contribution is 2.10. The van der Waals surface area contributed by atoms with Crippen molar-refractivity contribution < 1.29 is 9.90 Å². The lowest BCUT2D eigenvalue weighted by Gasteiger charge is -2.13. The van der Waals surface area contributed by atoms with Gasteiger partial charge in [-0.15, -0.1) is 0 Å². The number of carbonyl (C=O) groups excluding carboxylic acids is 1. The Kier molecular flexibility index (Phi) is 5.16. The van der Waals surface area contributed by atoms with Crippen LogP contribution in [0.2, 0.25) is 0 Å². The highest BCUT2D eigenvalue weighted by Gasteiger charge is 2.14. The molecule has 3 nitrogen and oxygen atoms in total. The monoisotopic (exact) mass is 235 g/mol. The molecule has 0 spiro atoms. The molecule has 0 aliphatic heterocycles. The maximum Gasteiger partial charge on any atom is 0.225 e.